The summed E-state index contributed by atoms with van der Waals surface area (Å²) in [6.07, 6.45) is 0. The van der Waals surface area contributed by atoms with Gasteiger partial charge in [0, 0.05) is 0 Å². The average molecular weight is 258 g/mol. The molecule has 0 atom stereocenters. The van der Waals surface area contributed by atoms with Gasteiger partial charge in [0.05, 0.1) is 0 Å². The van der Waals surface area contributed by atoms with Crippen molar-refractivity contribution >= 4 is 83.3 Å². The third kappa shape index (κ3) is 87.0. The van der Waals surface area contributed by atoms with Crippen LogP contribution in [0.2, 0.25) is 0 Å². The van der Waals surface area contributed by atoms with Crippen molar-refractivity contribution in [2.24, 2.45) is 0 Å². The van der Waals surface area contributed by atoms with Crippen molar-refractivity contribution in [3.63, 3.8) is 0 Å². The zero-order chi connectivity index (χ0) is 4.50. The molecule has 0 unspecified atom stereocenters. The number of rotatable bonds is 0. The predicted molar refractivity (Wildman–Crippen MR) is 38.6 cm³/mol. The van der Waals surface area contributed by atoms with Gasteiger partial charge in [-0.15, -0.1) is 0 Å². The van der Waals surface area contributed by atoms with E-state index < -0.39 is 7.82 Å². The van der Waals surface area contributed by atoms with Gasteiger partial charge in [0.2, 0.25) is 0 Å². The maximum Gasteiger partial charge on any atom is 2.00 e. The molecule has 0 bridgehead atoms. The van der Waals surface area contributed by atoms with E-state index in [9.17, 15) is 0 Å². The summed E-state index contributed by atoms with van der Waals surface area (Å²) in [6.45, 7) is 0. The monoisotopic (exact) mass is 258 g/mol. The van der Waals surface area contributed by atoms with Gasteiger partial charge in [0.25, 0.3) is 0 Å². The summed E-state index contributed by atoms with van der Waals surface area (Å²) in [5, 5.41) is 0. The normalized spacial score (nSPS) is 5.90. The van der Waals surface area contributed by atoms with Crippen molar-refractivity contribution in [2.45, 2.75) is 0 Å². The maximum absolute atomic E-state index is 8.88. The van der Waals surface area contributed by atoms with Crippen molar-refractivity contribution in [3.05, 3.63) is 0 Å². The molecule has 0 saturated heterocycles. The van der Waals surface area contributed by atoms with Crippen LogP contribution < -0.4 is 51.4 Å². The van der Waals surface area contributed by atoms with E-state index in [4.69, 9.17) is 19.2 Å². The van der Waals surface area contributed by atoms with E-state index in [2.05, 4.69) is 0 Å². The minimum atomic E-state index is -4.64. The molecule has 0 saturated carbocycles. The molecule has 0 amide bonds. The van der Waals surface area contributed by atoms with Crippen LogP contribution in [-0.2, 0) is 4.57 Å². The molecule has 58 valence electrons. The summed E-state index contributed by atoms with van der Waals surface area (Å²) >= 11 is 0. The Labute approximate surface area is 168 Å². The van der Waals surface area contributed by atoms with E-state index in [1.807, 2.05) is 0 Å². The zero-order valence-corrected chi connectivity index (χ0v) is 14.0. The van der Waals surface area contributed by atoms with Crippen LogP contribution in [-0.4, -0.2) is 101 Å². The maximum atomic E-state index is 8.88. The molecule has 10 heteroatoms. The third-order valence-electron chi connectivity index (χ3n) is 0. The predicted octanol–water partition coefficient (Wildman–Crippen LogP) is -5.77. The Morgan fingerprint density at radius 2 is 1.00 bits per heavy atom. The molecule has 0 spiro atoms. The van der Waals surface area contributed by atoms with Crippen LogP contribution in [0.5, 0.6) is 0 Å². The molecular weight excluding hydrogens is 246 g/mol. The molecule has 0 radical (unpaired) electrons. The number of hydrogen-bond donors (Lipinski definition) is 3. The first-order chi connectivity index (χ1) is 2.00. The van der Waals surface area contributed by atoms with Gasteiger partial charge >= 0.3 is 135 Å². The van der Waals surface area contributed by atoms with Gasteiger partial charge in [-0.2, -0.15) is 0 Å². The Morgan fingerprint density at radius 3 is 1.00 bits per heavy atom. The Balaban J connectivity index is -0.00000000178. The van der Waals surface area contributed by atoms with Crippen LogP contribution in [0.1, 0.15) is 7.13 Å². The topological polar surface area (TPSA) is 141 Å². The van der Waals surface area contributed by atoms with Crippen molar-refractivity contribution < 1.29 is 88.7 Å². The van der Waals surface area contributed by atoms with E-state index in [0.717, 1.165) is 0 Å². The molecule has 0 heterocycles. The second-order valence-corrected chi connectivity index (χ2v) is 1.54. The second-order valence-electron chi connectivity index (χ2n) is 0.513. The second kappa shape index (κ2) is 18.9. The minimum Gasteiger partial charge on any atom is -1.00 e. The molecule has 7 N–H and O–H groups in total. The molecule has 6 nitrogen and oxygen atoms in total. The summed E-state index contributed by atoms with van der Waals surface area (Å²) in [4.78, 5) is 21.6. The van der Waals surface area contributed by atoms with Crippen LogP contribution in [0.25, 0.3) is 0 Å². The molecular formula is H12Ca2KO6P. The average Bonchev–Trinajstić information content (AvgIpc) is 0.722. The van der Waals surface area contributed by atoms with E-state index >= 15 is 0 Å². The van der Waals surface area contributed by atoms with Gasteiger partial charge in [-0.3, -0.25) is 0 Å². The standard InChI is InChI=1S/2Ca.K.H3O4P.2H2O.5H/c;;;1-5(2,3)4;;;;;;;/h;;;(H3,1,2,3,4);2*1H2;;;;;/q2*+2;+1;;;;5*-1. The molecule has 0 aliphatic carbocycles. The SMILES string of the molecule is O.O.O=P(O)(O)O.[Ca+2].[Ca+2].[H-].[H-].[H-].[H-].[H-].[K+]. The first kappa shape index (κ1) is 36.8. The molecule has 0 rings (SSSR count). The van der Waals surface area contributed by atoms with Gasteiger partial charge in [-0.05, 0) is 0 Å². The van der Waals surface area contributed by atoms with Crippen LogP contribution in [0.3, 0.4) is 0 Å². The summed E-state index contributed by atoms with van der Waals surface area (Å²) in [5.74, 6) is 0. The van der Waals surface area contributed by atoms with Gasteiger partial charge in [0.15, 0.2) is 0 Å². The molecule has 0 aliphatic rings. The van der Waals surface area contributed by atoms with Crippen molar-refractivity contribution in [1.29, 1.82) is 0 Å². The smallest absolute Gasteiger partial charge is 1.00 e. The fourth-order valence-corrected chi connectivity index (χ4v) is 0. The van der Waals surface area contributed by atoms with E-state index in [1.165, 1.54) is 0 Å². The molecule has 0 aromatic heterocycles. The van der Waals surface area contributed by atoms with Crippen LogP contribution in [0.15, 0.2) is 0 Å². The van der Waals surface area contributed by atoms with Crippen LogP contribution in [0.4, 0.5) is 0 Å². The number of hydrogen-bond acceptors (Lipinski definition) is 1. The van der Waals surface area contributed by atoms with Crippen molar-refractivity contribution in [3.8, 4) is 0 Å². The molecule has 0 fully saturated rings. The summed E-state index contributed by atoms with van der Waals surface area (Å²) in [5.41, 5.74) is 0. The zero-order valence-electron chi connectivity index (χ0n) is 10.6. The van der Waals surface area contributed by atoms with E-state index in [-0.39, 0.29) is 145 Å². The van der Waals surface area contributed by atoms with Crippen LogP contribution >= 0.6 is 7.82 Å². The fraction of sp³-hybridized carbons (Fsp3) is 0. The summed E-state index contributed by atoms with van der Waals surface area (Å²) < 4.78 is 8.88. The number of phosphoric acid groups is 1. The quantitative estimate of drug-likeness (QED) is 0.294. The summed E-state index contributed by atoms with van der Waals surface area (Å²) in [6, 6.07) is 0. The fourth-order valence-electron chi connectivity index (χ4n) is 0. The molecule has 10 heavy (non-hydrogen) atoms. The van der Waals surface area contributed by atoms with Gasteiger partial charge in [0.1, 0.15) is 0 Å². The van der Waals surface area contributed by atoms with Gasteiger partial charge < -0.3 is 32.8 Å². The van der Waals surface area contributed by atoms with Crippen molar-refractivity contribution in [1.82, 2.24) is 0 Å². The Bertz CT molecular complexity index is 75.7. The van der Waals surface area contributed by atoms with Crippen molar-refractivity contribution in [2.75, 3.05) is 0 Å². The first-order valence-electron chi connectivity index (χ1n) is 0.783. The minimum absolute atomic E-state index is 0. The Morgan fingerprint density at radius 1 is 1.00 bits per heavy atom. The van der Waals surface area contributed by atoms with Gasteiger partial charge in [-0.1, -0.05) is 0 Å². The van der Waals surface area contributed by atoms with E-state index in [0.29, 0.717) is 0 Å². The van der Waals surface area contributed by atoms with Crippen LogP contribution in [0, 0.1) is 0 Å². The van der Waals surface area contributed by atoms with E-state index in [1.54, 1.807) is 0 Å². The largest absolute Gasteiger partial charge is 2.00 e. The summed E-state index contributed by atoms with van der Waals surface area (Å²) in [7, 11) is -4.64. The molecule has 0 aliphatic heterocycles. The van der Waals surface area contributed by atoms with Gasteiger partial charge in [-0.25, -0.2) is 4.57 Å². The Hall–Kier alpha value is 4.19. The Kier molecular flexibility index (Phi) is 69.5. The molecule has 0 aromatic rings. The molecule has 0 aromatic carbocycles. The first-order valence-corrected chi connectivity index (χ1v) is 2.35. The third-order valence-corrected chi connectivity index (χ3v) is 0.